The molecule has 0 aliphatic rings. The maximum Gasteiger partial charge on any atom is 0.379 e. The van der Waals surface area contributed by atoms with E-state index in [1.807, 2.05) is 0 Å². The molecule has 2 heterocycles. The van der Waals surface area contributed by atoms with Crippen molar-refractivity contribution in [2.75, 3.05) is 0 Å². The highest BCUT2D eigenvalue weighted by atomic mass is 16.5. The normalized spacial score (nSPS) is 10.5. The summed E-state index contributed by atoms with van der Waals surface area (Å²) in [6.45, 7) is 0. The minimum atomic E-state index is -0.609. The summed E-state index contributed by atoms with van der Waals surface area (Å²) in [7, 11) is 0. The van der Waals surface area contributed by atoms with Crippen molar-refractivity contribution < 1.29 is 18.4 Å². The van der Waals surface area contributed by atoms with E-state index < -0.39 is 11.6 Å². The third kappa shape index (κ3) is 2.26. The number of fused-ring (bicyclic) bond motifs is 1. The van der Waals surface area contributed by atoms with E-state index >= 15 is 0 Å². The molecule has 0 radical (unpaired) electrons. The first kappa shape index (κ1) is 11.3. The van der Waals surface area contributed by atoms with Crippen LogP contribution < -0.4 is 10.4 Å². The van der Waals surface area contributed by atoms with Crippen LogP contribution in [0.4, 0.5) is 0 Å². The lowest BCUT2D eigenvalue weighted by molar-refractivity contribution is 0.0701. The van der Waals surface area contributed by atoms with Gasteiger partial charge in [0.25, 0.3) is 0 Å². The highest BCUT2D eigenvalue weighted by Crippen LogP contribution is 2.20. The summed E-state index contributed by atoms with van der Waals surface area (Å²) >= 11 is 0. The minimum Gasteiger partial charge on any atom is -0.457 e. The van der Waals surface area contributed by atoms with Gasteiger partial charge in [-0.25, -0.2) is 9.59 Å². The number of furan rings is 1. The van der Waals surface area contributed by atoms with Crippen LogP contribution in [0.2, 0.25) is 0 Å². The van der Waals surface area contributed by atoms with E-state index in [0.29, 0.717) is 5.58 Å². The number of benzene rings is 1. The zero-order valence-corrected chi connectivity index (χ0v) is 9.66. The molecule has 3 rings (SSSR count). The molecule has 94 valence electrons. The van der Waals surface area contributed by atoms with Gasteiger partial charge in [-0.1, -0.05) is 0 Å². The number of hydrogen-bond acceptors (Lipinski definition) is 5. The van der Waals surface area contributed by atoms with E-state index in [4.69, 9.17) is 13.6 Å². The van der Waals surface area contributed by atoms with E-state index in [0.717, 1.165) is 5.39 Å². The van der Waals surface area contributed by atoms with Crippen LogP contribution in [0.25, 0.3) is 11.0 Å². The zero-order chi connectivity index (χ0) is 13.2. The van der Waals surface area contributed by atoms with Crippen molar-refractivity contribution >= 4 is 16.9 Å². The van der Waals surface area contributed by atoms with Crippen molar-refractivity contribution in [3.8, 4) is 5.75 Å². The van der Waals surface area contributed by atoms with E-state index in [-0.39, 0.29) is 11.5 Å². The number of rotatable bonds is 2. The zero-order valence-electron chi connectivity index (χ0n) is 9.66. The molecule has 3 aromatic rings. The van der Waals surface area contributed by atoms with E-state index in [1.54, 1.807) is 24.3 Å². The second kappa shape index (κ2) is 4.45. The van der Waals surface area contributed by atoms with Crippen molar-refractivity contribution in [2.45, 2.75) is 0 Å². The van der Waals surface area contributed by atoms with Gasteiger partial charge in [0.2, 0.25) is 5.76 Å². The standard InChI is InChI=1S/C14H8O5/c15-13-6-4-9-3-5-10(8-12(9)19-13)18-14(16)11-2-1-7-17-11/h1-8H. The first-order chi connectivity index (χ1) is 9.22. The Labute approximate surface area is 107 Å². The first-order valence-electron chi connectivity index (χ1n) is 5.52. The van der Waals surface area contributed by atoms with Gasteiger partial charge < -0.3 is 13.6 Å². The molecule has 5 heteroatoms. The van der Waals surface area contributed by atoms with Gasteiger partial charge in [-0.3, -0.25) is 0 Å². The van der Waals surface area contributed by atoms with Crippen LogP contribution in [0.1, 0.15) is 10.6 Å². The van der Waals surface area contributed by atoms with Gasteiger partial charge in [-0.2, -0.15) is 0 Å². The molecule has 0 saturated carbocycles. The lowest BCUT2D eigenvalue weighted by atomic mass is 10.2. The third-order valence-electron chi connectivity index (χ3n) is 2.53. The molecule has 2 aromatic heterocycles. The van der Waals surface area contributed by atoms with Gasteiger partial charge in [-0.15, -0.1) is 0 Å². The van der Waals surface area contributed by atoms with Crippen molar-refractivity contribution in [3.05, 3.63) is 64.9 Å². The molecule has 0 aliphatic carbocycles. The summed E-state index contributed by atoms with van der Waals surface area (Å²) in [6, 6.07) is 10.9. The topological polar surface area (TPSA) is 69.7 Å². The fraction of sp³-hybridized carbons (Fsp3) is 0. The summed E-state index contributed by atoms with van der Waals surface area (Å²) < 4.78 is 15.0. The Kier molecular flexibility index (Phi) is 2.64. The molecule has 0 fully saturated rings. The molecule has 0 amide bonds. The van der Waals surface area contributed by atoms with Crippen LogP contribution in [-0.4, -0.2) is 5.97 Å². The fourth-order valence-corrected chi connectivity index (χ4v) is 1.66. The average molecular weight is 256 g/mol. The third-order valence-corrected chi connectivity index (χ3v) is 2.53. The summed E-state index contributed by atoms with van der Waals surface area (Å²) in [4.78, 5) is 22.8. The molecular weight excluding hydrogens is 248 g/mol. The highest BCUT2D eigenvalue weighted by Gasteiger charge is 2.11. The number of esters is 1. The Morgan fingerprint density at radius 3 is 2.74 bits per heavy atom. The van der Waals surface area contributed by atoms with Gasteiger partial charge in [0, 0.05) is 17.5 Å². The molecule has 0 unspecified atom stereocenters. The summed E-state index contributed by atoms with van der Waals surface area (Å²) in [6.07, 6.45) is 1.38. The van der Waals surface area contributed by atoms with Crippen LogP contribution >= 0.6 is 0 Å². The van der Waals surface area contributed by atoms with Gasteiger partial charge in [0.05, 0.1) is 6.26 Å². The van der Waals surface area contributed by atoms with E-state index in [9.17, 15) is 9.59 Å². The van der Waals surface area contributed by atoms with Gasteiger partial charge in [0.1, 0.15) is 11.3 Å². The smallest absolute Gasteiger partial charge is 0.379 e. The van der Waals surface area contributed by atoms with Crippen LogP contribution in [0.3, 0.4) is 0 Å². The molecule has 0 aliphatic heterocycles. The molecule has 0 N–H and O–H groups in total. The van der Waals surface area contributed by atoms with Gasteiger partial charge in [-0.05, 0) is 30.3 Å². The van der Waals surface area contributed by atoms with Crippen LogP contribution in [-0.2, 0) is 0 Å². The largest absolute Gasteiger partial charge is 0.457 e. The lowest BCUT2D eigenvalue weighted by Gasteiger charge is -2.03. The highest BCUT2D eigenvalue weighted by molar-refractivity contribution is 5.88. The average Bonchev–Trinajstić information content (AvgIpc) is 2.92. The van der Waals surface area contributed by atoms with Crippen molar-refractivity contribution in [2.24, 2.45) is 0 Å². The van der Waals surface area contributed by atoms with Crippen molar-refractivity contribution in [1.82, 2.24) is 0 Å². The Morgan fingerprint density at radius 2 is 1.95 bits per heavy atom. The fourth-order valence-electron chi connectivity index (χ4n) is 1.66. The summed E-state index contributed by atoms with van der Waals surface area (Å²) in [5.74, 6) is -0.222. The van der Waals surface area contributed by atoms with Gasteiger partial charge >= 0.3 is 11.6 Å². The van der Waals surface area contributed by atoms with Crippen LogP contribution in [0.15, 0.2) is 62.4 Å². The molecule has 1 aromatic carbocycles. The molecule has 0 atom stereocenters. The van der Waals surface area contributed by atoms with Crippen molar-refractivity contribution in [1.29, 1.82) is 0 Å². The number of carbonyl (C=O) groups is 1. The second-order valence-electron chi connectivity index (χ2n) is 3.82. The molecule has 0 spiro atoms. The van der Waals surface area contributed by atoms with Crippen LogP contribution in [0.5, 0.6) is 5.75 Å². The SMILES string of the molecule is O=C(Oc1ccc2ccc(=O)oc2c1)c1ccco1. The van der Waals surface area contributed by atoms with Crippen molar-refractivity contribution in [3.63, 3.8) is 0 Å². The van der Waals surface area contributed by atoms with E-state index in [1.165, 1.54) is 24.5 Å². The predicted octanol–water partition coefficient (Wildman–Crippen LogP) is 2.61. The number of ether oxygens (including phenoxy) is 1. The predicted molar refractivity (Wildman–Crippen MR) is 66.2 cm³/mol. The number of hydrogen-bond donors (Lipinski definition) is 0. The molecule has 19 heavy (non-hydrogen) atoms. The minimum absolute atomic E-state index is 0.106. The maximum atomic E-state index is 11.7. The second-order valence-corrected chi connectivity index (χ2v) is 3.82. The molecule has 0 saturated heterocycles. The Hall–Kier alpha value is -2.82. The quantitative estimate of drug-likeness (QED) is 0.400. The molecule has 0 bridgehead atoms. The Bertz CT molecular complexity index is 783. The van der Waals surface area contributed by atoms with Gasteiger partial charge in [0.15, 0.2) is 0 Å². The molecular formula is C14H8O5. The Morgan fingerprint density at radius 1 is 1.11 bits per heavy atom. The summed E-state index contributed by atoms with van der Waals surface area (Å²) in [5, 5.41) is 0.748. The monoisotopic (exact) mass is 256 g/mol. The maximum absolute atomic E-state index is 11.7. The summed E-state index contributed by atoms with van der Waals surface area (Å²) in [5.41, 5.74) is -0.0979. The lowest BCUT2D eigenvalue weighted by Crippen LogP contribution is -2.07. The number of carbonyl (C=O) groups excluding carboxylic acids is 1. The Balaban J connectivity index is 1.93. The first-order valence-corrected chi connectivity index (χ1v) is 5.52. The van der Waals surface area contributed by atoms with Crippen LogP contribution in [0, 0.1) is 0 Å². The molecule has 5 nitrogen and oxygen atoms in total. The van der Waals surface area contributed by atoms with E-state index in [2.05, 4.69) is 0 Å².